The van der Waals surface area contributed by atoms with Crippen molar-refractivity contribution in [1.82, 2.24) is 0 Å². The van der Waals surface area contributed by atoms with Crippen molar-refractivity contribution >= 4 is 96.3 Å². The molecule has 11 heteroatoms. The van der Waals surface area contributed by atoms with Gasteiger partial charge in [-0.05, 0) is 109 Å². The van der Waals surface area contributed by atoms with E-state index in [9.17, 15) is 15.0 Å². The molecule has 0 aromatic heterocycles. The summed E-state index contributed by atoms with van der Waals surface area (Å²) >= 11 is 8.17. The summed E-state index contributed by atoms with van der Waals surface area (Å²) in [7, 11) is 0. The fourth-order valence-electron chi connectivity index (χ4n) is 3.77. The average molecular weight is 882 g/mol. The summed E-state index contributed by atoms with van der Waals surface area (Å²) in [6, 6.07) is 10.9. The molecule has 5 rings (SSSR count). The van der Waals surface area contributed by atoms with Gasteiger partial charge in [-0.2, -0.15) is 0 Å². The van der Waals surface area contributed by atoms with E-state index in [0.717, 1.165) is 0 Å². The van der Waals surface area contributed by atoms with E-state index in [1.165, 1.54) is 0 Å². The van der Waals surface area contributed by atoms with Crippen molar-refractivity contribution < 1.29 is 83.6 Å². The van der Waals surface area contributed by atoms with E-state index >= 15 is 0 Å². The van der Waals surface area contributed by atoms with Gasteiger partial charge in [0.15, 0.2) is 17.1 Å². The average Bonchev–Trinajstić information content (AvgIpc) is 3.00. The molecule has 31 heavy (non-hydrogen) atoms. The summed E-state index contributed by atoms with van der Waals surface area (Å²) in [4.78, 5) is 12.9. The number of hydrogen-bond acceptors (Lipinski definition) is 5. The molecule has 0 radical (unpaired) electrons. The van der Waals surface area contributed by atoms with E-state index < -0.39 is 11.6 Å². The van der Waals surface area contributed by atoms with Gasteiger partial charge in [-0.25, -0.2) is 4.79 Å². The minimum atomic E-state index is -1.22. The number of rotatable bonds is 0. The van der Waals surface area contributed by atoms with Crippen molar-refractivity contribution in [1.29, 1.82) is 0 Å². The molecule has 0 amide bonds. The molecule has 3 aromatic carbocycles. The summed E-state index contributed by atoms with van der Waals surface area (Å²) in [6.45, 7) is 0. The third-order valence-electron chi connectivity index (χ3n) is 5.03. The maximum Gasteiger partial charge on any atom is 1.00 e. The molecule has 0 unspecified atom stereocenters. The first-order valence-electron chi connectivity index (χ1n) is 8.21. The first-order valence-corrected chi connectivity index (χ1v) is 12.5. The first kappa shape index (κ1) is 27.0. The molecule has 0 saturated heterocycles. The number of fused-ring (bicyclic) bond motifs is 6. The van der Waals surface area contributed by atoms with Gasteiger partial charge in [-0.15, -0.1) is 0 Å². The Kier molecular flexibility index (Phi) is 8.58. The molecular formula is C20H8I4Na2O5+2. The van der Waals surface area contributed by atoms with Crippen molar-refractivity contribution in [2.75, 3.05) is 0 Å². The second kappa shape index (κ2) is 9.84. The molecule has 0 aliphatic carbocycles. The quantitative estimate of drug-likeness (QED) is 0.191. The van der Waals surface area contributed by atoms with Crippen LogP contribution in [0.4, 0.5) is 0 Å². The van der Waals surface area contributed by atoms with Gasteiger partial charge in [0.1, 0.15) is 11.5 Å². The van der Waals surface area contributed by atoms with Crippen molar-refractivity contribution in [3.63, 3.8) is 0 Å². The standard InChI is InChI=1S/C20H8I4O5.2Na/c21-11-5-9-17(13(23)15(11)25)28-18-10(6-12(22)16(26)14(18)24)20(9)8-4-2-1-3-7(8)19(27)29-20;;/h1-6,25-26H;;/q;2*+1. The van der Waals surface area contributed by atoms with Gasteiger partial charge in [-0.1, -0.05) is 18.2 Å². The van der Waals surface area contributed by atoms with Crippen LogP contribution in [0, 0.1) is 14.3 Å². The van der Waals surface area contributed by atoms with Crippen LogP contribution in [0.2, 0.25) is 0 Å². The molecule has 0 fully saturated rings. The van der Waals surface area contributed by atoms with Gasteiger partial charge in [0.2, 0.25) is 0 Å². The Morgan fingerprint density at radius 1 is 0.774 bits per heavy atom. The number of carbonyl (C=O) groups is 1. The summed E-state index contributed by atoms with van der Waals surface area (Å²) in [5.41, 5.74) is 1.27. The number of benzene rings is 3. The van der Waals surface area contributed by atoms with Gasteiger partial charge < -0.3 is 19.7 Å². The van der Waals surface area contributed by atoms with Crippen LogP contribution in [-0.2, 0) is 10.3 Å². The Bertz CT molecular complexity index is 1200. The molecule has 0 atom stereocenters. The van der Waals surface area contributed by atoms with Crippen LogP contribution in [0.25, 0.3) is 0 Å². The summed E-state index contributed by atoms with van der Waals surface area (Å²) < 4.78 is 14.6. The molecule has 2 aliphatic heterocycles. The van der Waals surface area contributed by atoms with Crippen LogP contribution >= 0.6 is 90.4 Å². The Morgan fingerprint density at radius 3 is 1.77 bits per heavy atom. The molecule has 0 bridgehead atoms. The fraction of sp³-hybridized carbons (Fsp3) is 0.0500. The van der Waals surface area contributed by atoms with E-state index in [4.69, 9.17) is 9.47 Å². The van der Waals surface area contributed by atoms with Crippen molar-refractivity contribution in [3.05, 3.63) is 72.9 Å². The van der Waals surface area contributed by atoms with Gasteiger partial charge in [0.05, 0.1) is 31.0 Å². The van der Waals surface area contributed by atoms with Gasteiger partial charge >= 0.3 is 65.1 Å². The number of phenols is 2. The second-order valence-corrected chi connectivity index (χ2v) is 11.0. The summed E-state index contributed by atoms with van der Waals surface area (Å²) in [6.07, 6.45) is 0. The van der Waals surface area contributed by atoms with Crippen LogP contribution in [0.15, 0.2) is 36.4 Å². The maximum absolute atomic E-state index is 12.9. The SMILES string of the molecule is O=C1OC2(c3ccccc31)c1cc(I)c(O)c(I)c1Oc1c2cc(I)c(O)c1I.[Na+].[Na+]. The normalized spacial score (nSPS) is 14.4. The number of halogens is 4. The van der Waals surface area contributed by atoms with Crippen LogP contribution in [-0.4, -0.2) is 16.2 Å². The maximum atomic E-state index is 12.9. The largest absolute Gasteiger partial charge is 1.00 e. The van der Waals surface area contributed by atoms with E-state index in [0.29, 0.717) is 48.0 Å². The monoisotopic (exact) mass is 882 g/mol. The predicted octanol–water partition coefficient (Wildman–Crippen LogP) is 0.0922. The molecule has 5 nitrogen and oxygen atoms in total. The number of ether oxygens (including phenoxy) is 2. The van der Waals surface area contributed by atoms with E-state index in [1.807, 2.05) is 57.3 Å². The Morgan fingerprint density at radius 2 is 1.26 bits per heavy atom. The Labute approximate surface area is 276 Å². The minimum Gasteiger partial charge on any atom is -0.506 e. The zero-order valence-electron chi connectivity index (χ0n) is 16.1. The third kappa shape index (κ3) is 3.92. The Hall–Kier alpha value is 1.45. The first-order chi connectivity index (χ1) is 13.8. The molecule has 2 N–H and O–H groups in total. The van der Waals surface area contributed by atoms with Crippen LogP contribution in [0.5, 0.6) is 23.0 Å². The summed E-state index contributed by atoms with van der Waals surface area (Å²) in [5.74, 6) is 0.616. The number of phenolic OH excluding ortho intramolecular Hbond substituents is 2. The van der Waals surface area contributed by atoms with Gasteiger partial charge in [0.25, 0.3) is 0 Å². The molecular weight excluding hydrogens is 874 g/mol. The van der Waals surface area contributed by atoms with Crippen LogP contribution in [0.1, 0.15) is 27.0 Å². The van der Waals surface area contributed by atoms with Crippen molar-refractivity contribution in [2.24, 2.45) is 0 Å². The molecule has 0 saturated carbocycles. The van der Waals surface area contributed by atoms with Crippen LogP contribution < -0.4 is 63.9 Å². The van der Waals surface area contributed by atoms with E-state index in [-0.39, 0.29) is 70.6 Å². The van der Waals surface area contributed by atoms with Crippen molar-refractivity contribution in [3.8, 4) is 23.0 Å². The topological polar surface area (TPSA) is 76.0 Å². The molecule has 146 valence electrons. The molecule has 1 spiro atoms. The van der Waals surface area contributed by atoms with Crippen molar-refractivity contribution in [2.45, 2.75) is 5.60 Å². The van der Waals surface area contributed by atoms with E-state index in [1.54, 1.807) is 24.3 Å². The zero-order chi connectivity index (χ0) is 20.7. The predicted molar refractivity (Wildman–Crippen MR) is 139 cm³/mol. The number of aromatic hydroxyl groups is 2. The minimum absolute atomic E-state index is 0. The van der Waals surface area contributed by atoms with Gasteiger partial charge in [0, 0.05) is 5.56 Å². The summed E-state index contributed by atoms with van der Waals surface area (Å²) in [5, 5.41) is 21.0. The second-order valence-electron chi connectivity index (χ2n) is 6.51. The van der Waals surface area contributed by atoms with Crippen LogP contribution in [0.3, 0.4) is 0 Å². The molecule has 3 aromatic rings. The van der Waals surface area contributed by atoms with E-state index in [2.05, 4.69) is 45.2 Å². The fourth-order valence-corrected chi connectivity index (χ4v) is 7.35. The van der Waals surface area contributed by atoms with Gasteiger partial charge in [-0.3, -0.25) is 0 Å². The molecule has 2 heterocycles. The third-order valence-corrected chi connectivity index (χ3v) is 8.68. The molecule has 2 aliphatic rings. The Balaban J connectivity index is 0.00000136. The number of carbonyl (C=O) groups excluding carboxylic acids is 1. The zero-order valence-corrected chi connectivity index (χ0v) is 28.7. The smallest absolute Gasteiger partial charge is 0.506 e. The number of esters is 1. The number of hydrogen-bond donors (Lipinski definition) is 2.